The van der Waals surface area contributed by atoms with E-state index in [1.165, 1.54) is 6.07 Å². The summed E-state index contributed by atoms with van der Waals surface area (Å²) in [6.07, 6.45) is 0.821. The fourth-order valence-electron chi connectivity index (χ4n) is 2.11. The SMILES string of the molecule is CC1CC(O)(Cc2cc(F)ccc2F)CS1. The van der Waals surface area contributed by atoms with Crippen LogP contribution in [0.1, 0.15) is 18.9 Å². The lowest BCUT2D eigenvalue weighted by molar-refractivity contribution is 0.0633. The lowest BCUT2D eigenvalue weighted by Gasteiger charge is -2.21. The summed E-state index contributed by atoms with van der Waals surface area (Å²) in [6, 6.07) is 3.37. The van der Waals surface area contributed by atoms with Crippen LogP contribution < -0.4 is 0 Å². The molecule has 0 spiro atoms. The van der Waals surface area contributed by atoms with Crippen molar-refractivity contribution in [2.75, 3.05) is 5.75 Å². The highest BCUT2D eigenvalue weighted by molar-refractivity contribution is 8.00. The standard InChI is InChI=1S/C12H14F2OS/c1-8-5-12(15,7-16-8)6-9-4-10(13)2-3-11(9)14/h2-4,8,15H,5-7H2,1H3. The Morgan fingerprint density at radius 1 is 1.50 bits per heavy atom. The predicted molar refractivity (Wildman–Crippen MR) is 61.5 cm³/mol. The number of aliphatic hydroxyl groups is 1. The van der Waals surface area contributed by atoms with Crippen molar-refractivity contribution in [2.45, 2.75) is 30.6 Å². The van der Waals surface area contributed by atoms with Gasteiger partial charge in [0, 0.05) is 17.4 Å². The third-order valence-corrected chi connectivity index (χ3v) is 4.27. The first kappa shape index (κ1) is 11.9. The van der Waals surface area contributed by atoms with Crippen LogP contribution in [0.4, 0.5) is 8.78 Å². The van der Waals surface area contributed by atoms with Gasteiger partial charge in [-0.25, -0.2) is 8.78 Å². The average molecular weight is 244 g/mol. The molecule has 1 nitrogen and oxygen atoms in total. The van der Waals surface area contributed by atoms with Gasteiger partial charge in [-0.05, 0) is 30.2 Å². The molecule has 1 aliphatic heterocycles. The van der Waals surface area contributed by atoms with Gasteiger partial charge in [0.05, 0.1) is 5.60 Å². The maximum atomic E-state index is 13.4. The van der Waals surface area contributed by atoms with Gasteiger partial charge in [-0.15, -0.1) is 0 Å². The molecule has 1 aromatic rings. The summed E-state index contributed by atoms with van der Waals surface area (Å²) >= 11 is 1.67. The quantitative estimate of drug-likeness (QED) is 0.863. The normalized spacial score (nSPS) is 29.6. The molecule has 16 heavy (non-hydrogen) atoms. The first-order valence-electron chi connectivity index (χ1n) is 5.26. The molecule has 0 saturated carbocycles. The number of hydrogen-bond donors (Lipinski definition) is 1. The summed E-state index contributed by atoms with van der Waals surface area (Å²) in [5.74, 6) is -0.317. The van der Waals surface area contributed by atoms with Gasteiger partial charge in [-0.2, -0.15) is 11.8 Å². The van der Waals surface area contributed by atoms with Gasteiger partial charge < -0.3 is 5.11 Å². The van der Waals surface area contributed by atoms with Crippen molar-refractivity contribution in [3.8, 4) is 0 Å². The molecule has 2 atom stereocenters. The van der Waals surface area contributed by atoms with Crippen molar-refractivity contribution in [3.05, 3.63) is 35.4 Å². The zero-order valence-corrected chi connectivity index (χ0v) is 9.86. The Morgan fingerprint density at radius 3 is 2.88 bits per heavy atom. The topological polar surface area (TPSA) is 20.2 Å². The monoisotopic (exact) mass is 244 g/mol. The largest absolute Gasteiger partial charge is 0.389 e. The lowest BCUT2D eigenvalue weighted by Crippen LogP contribution is -2.31. The van der Waals surface area contributed by atoms with Crippen LogP contribution in [0.2, 0.25) is 0 Å². The molecule has 1 fully saturated rings. The Labute approximate surface area is 97.9 Å². The highest BCUT2D eigenvalue weighted by atomic mass is 32.2. The molecular weight excluding hydrogens is 230 g/mol. The molecule has 1 heterocycles. The highest BCUT2D eigenvalue weighted by Crippen LogP contribution is 2.36. The zero-order valence-electron chi connectivity index (χ0n) is 9.04. The number of hydrogen-bond acceptors (Lipinski definition) is 2. The Kier molecular flexibility index (Phi) is 3.22. The summed E-state index contributed by atoms with van der Waals surface area (Å²) < 4.78 is 26.4. The maximum absolute atomic E-state index is 13.4. The van der Waals surface area contributed by atoms with Crippen LogP contribution >= 0.6 is 11.8 Å². The van der Waals surface area contributed by atoms with Crippen molar-refractivity contribution in [1.29, 1.82) is 0 Å². The van der Waals surface area contributed by atoms with E-state index in [0.717, 1.165) is 12.1 Å². The second-order valence-corrected chi connectivity index (χ2v) is 5.89. The molecule has 2 rings (SSSR count). The van der Waals surface area contributed by atoms with Gasteiger partial charge in [0.2, 0.25) is 0 Å². The van der Waals surface area contributed by atoms with Crippen LogP contribution in [0.25, 0.3) is 0 Å². The first-order valence-corrected chi connectivity index (χ1v) is 6.31. The summed E-state index contributed by atoms with van der Waals surface area (Å²) in [7, 11) is 0. The predicted octanol–water partition coefficient (Wildman–Crippen LogP) is 2.76. The number of halogens is 2. The van der Waals surface area contributed by atoms with E-state index in [9.17, 15) is 13.9 Å². The van der Waals surface area contributed by atoms with E-state index in [4.69, 9.17) is 0 Å². The molecule has 4 heteroatoms. The Morgan fingerprint density at radius 2 is 2.25 bits per heavy atom. The number of rotatable bonds is 2. The highest BCUT2D eigenvalue weighted by Gasteiger charge is 2.36. The fraction of sp³-hybridized carbons (Fsp3) is 0.500. The zero-order chi connectivity index (χ0) is 11.8. The molecule has 1 aromatic carbocycles. The fourth-order valence-corrected chi connectivity index (χ4v) is 3.35. The van der Waals surface area contributed by atoms with Gasteiger partial charge in [0.1, 0.15) is 11.6 Å². The van der Waals surface area contributed by atoms with Crippen LogP contribution in [-0.2, 0) is 6.42 Å². The van der Waals surface area contributed by atoms with E-state index in [2.05, 4.69) is 0 Å². The van der Waals surface area contributed by atoms with Gasteiger partial charge >= 0.3 is 0 Å². The van der Waals surface area contributed by atoms with E-state index in [1.54, 1.807) is 11.8 Å². The van der Waals surface area contributed by atoms with E-state index in [1.807, 2.05) is 6.92 Å². The van der Waals surface area contributed by atoms with Gasteiger partial charge in [-0.3, -0.25) is 0 Å². The van der Waals surface area contributed by atoms with Crippen LogP contribution in [0, 0.1) is 11.6 Å². The molecule has 1 saturated heterocycles. The van der Waals surface area contributed by atoms with Crippen molar-refractivity contribution in [3.63, 3.8) is 0 Å². The third kappa shape index (κ3) is 2.55. The van der Waals surface area contributed by atoms with Crippen LogP contribution in [0.5, 0.6) is 0 Å². The van der Waals surface area contributed by atoms with E-state index in [0.29, 0.717) is 17.4 Å². The molecule has 0 aliphatic carbocycles. The van der Waals surface area contributed by atoms with E-state index in [-0.39, 0.29) is 12.0 Å². The molecule has 0 amide bonds. The second-order valence-electron chi connectivity index (χ2n) is 4.46. The van der Waals surface area contributed by atoms with Crippen LogP contribution in [-0.4, -0.2) is 21.7 Å². The van der Waals surface area contributed by atoms with Crippen LogP contribution in [0.15, 0.2) is 18.2 Å². The van der Waals surface area contributed by atoms with Gasteiger partial charge in [0.25, 0.3) is 0 Å². The minimum absolute atomic E-state index is 0.188. The van der Waals surface area contributed by atoms with Crippen molar-refractivity contribution < 1.29 is 13.9 Å². The maximum Gasteiger partial charge on any atom is 0.126 e. The summed E-state index contributed by atoms with van der Waals surface area (Å²) in [6.45, 7) is 2.03. The van der Waals surface area contributed by atoms with Gasteiger partial charge in [0.15, 0.2) is 0 Å². The van der Waals surface area contributed by atoms with Gasteiger partial charge in [-0.1, -0.05) is 6.92 Å². The number of benzene rings is 1. The minimum Gasteiger partial charge on any atom is -0.389 e. The third-order valence-electron chi connectivity index (χ3n) is 2.83. The van der Waals surface area contributed by atoms with Crippen LogP contribution in [0.3, 0.4) is 0 Å². The molecule has 88 valence electrons. The Bertz CT molecular complexity index is 397. The smallest absolute Gasteiger partial charge is 0.126 e. The molecule has 0 radical (unpaired) electrons. The summed E-state index contributed by atoms with van der Waals surface area (Å²) in [5, 5.41) is 10.6. The molecule has 1 aliphatic rings. The van der Waals surface area contributed by atoms with Crippen molar-refractivity contribution in [2.24, 2.45) is 0 Å². The molecule has 0 bridgehead atoms. The number of thioether (sulfide) groups is 1. The molecule has 1 N–H and O–H groups in total. The molecular formula is C12H14F2OS. The lowest BCUT2D eigenvalue weighted by atomic mass is 9.92. The van der Waals surface area contributed by atoms with Crippen molar-refractivity contribution in [1.82, 2.24) is 0 Å². The first-order chi connectivity index (χ1) is 7.48. The van der Waals surface area contributed by atoms with E-state index >= 15 is 0 Å². The minimum atomic E-state index is -0.890. The van der Waals surface area contributed by atoms with Crippen molar-refractivity contribution >= 4 is 11.8 Å². The Hall–Kier alpha value is -0.610. The summed E-state index contributed by atoms with van der Waals surface area (Å²) in [5.41, 5.74) is -0.629. The summed E-state index contributed by atoms with van der Waals surface area (Å²) in [4.78, 5) is 0. The molecule has 2 unspecified atom stereocenters. The second kappa shape index (κ2) is 4.34. The Balaban J connectivity index is 2.17. The van der Waals surface area contributed by atoms with E-state index < -0.39 is 17.2 Å². The molecule has 0 aromatic heterocycles. The average Bonchev–Trinajstić information content (AvgIpc) is 2.52.